The van der Waals surface area contributed by atoms with Gasteiger partial charge in [-0.2, -0.15) is 5.10 Å². The van der Waals surface area contributed by atoms with Gasteiger partial charge in [0.25, 0.3) is 0 Å². The molecule has 3 heterocycles. The van der Waals surface area contributed by atoms with Gasteiger partial charge in [0.05, 0.1) is 37.5 Å². The van der Waals surface area contributed by atoms with Gasteiger partial charge in [0.2, 0.25) is 5.91 Å². The number of fused-ring (bicyclic) bond motifs is 1. The molecule has 0 saturated carbocycles. The van der Waals surface area contributed by atoms with E-state index in [-0.39, 0.29) is 18.4 Å². The third-order valence-electron chi connectivity index (χ3n) is 4.33. The normalized spacial score (nSPS) is 23.1. The Hall–Kier alpha value is -1.40. The van der Waals surface area contributed by atoms with E-state index < -0.39 is 0 Å². The zero-order valence-corrected chi connectivity index (χ0v) is 12.0. The third kappa shape index (κ3) is 2.45. The van der Waals surface area contributed by atoms with Gasteiger partial charge in [0.1, 0.15) is 0 Å². The molecule has 0 unspecified atom stereocenters. The Morgan fingerprint density at radius 1 is 1.50 bits per heavy atom. The summed E-state index contributed by atoms with van der Waals surface area (Å²) in [6, 6.07) is 0. The summed E-state index contributed by atoms with van der Waals surface area (Å²) in [5.74, 6) is 0.403. The molecule has 1 saturated heterocycles. The number of aliphatic hydroxyl groups is 1. The fourth-order valence-corrected chi connectivity index (χ4v) is 3.28. The Labute approximate surface area is 119 Å². The number of aromatic nitrogens is 2. The molecular weight excluding hydrogens is 256 g/mol. The highest BCUT2D eigenvalue weighted by atomic mass is 16.3. The van der Waals surface area contributed by atoms with Crippen LogP contribution in [0.5, 0.6) is 0 Å². The number of piperidine rings is 1. The van der Waals surface area contributed by atoms with Crippen molar-refractivity contribution in [1.82, 2.24) is 19.6 Å². The molecule has 1 amide bonds. The van der Waals surface area contributed by atoms with Crippen molar-refractivity contribution in [3.05, 3.63) is 17.5 Å². The van der Waals surface area contributed by atoms with Crippen LogP contribution in [0.1, 0.15) is 24.1 Å². The first-order valence-electron chi connectivity index (χ1n) is 7.31. The minimum absolute atomic E-state index is 0.0789. The molecule has 1 fully saturated rings. The number of amides is 1. The van der Waals surface area contributed by atoms with Crippen molar-refractivity contribution in [1.29, 1.82) is 0 Å². The first-order valence-corrected chi connectivity index (χ1v) is 7.31. The summed E-state index contributed by atoms with van der Waals surface area (Å²) in [4.78, 5) is 16.8. The molecule has 1 N–H and O–H groups in total. The van der Waals surface area contributed by atoms with Gasteiger partial charge in [-0.25, -0.2) is 0 Å². The highest BCUT2D eigenvalue weighted by Gasteiger charge is 2.32. The fraction of sp³-hybridized carbons (Fsp3) is 0.714. The Balaban J connectivity index is 1.67. The molecule has 0 aliphatic carbocycles. The summed E-state index contributed by atoms with van der Waals surface area (Å²) in [5, 5.41) is 13.3. The monoisotopic (exact) mass is 278 g/mol. The van der Waals surface area contributed by atoms with Gasteiger partial charge >= 0.3 is 0 Å². The first-order chi connectivity index (χ1) is 9.69. The molecule has 0 radical (unpaired) electrons. The van der Waals surface area contributed by atoms with Crippen LogP contribution in [-0.4, -0.2) is 57.3 Å². The molecule has 20 heavy (non-hydrogen) atoms. The second-order valence-corrected chi connectivity index (χ2v) is 5.86. The molecular formula is C14H22N4O2. The van der Waals surface area contributed by atoms with E-state index in [1.54, 1.807) is 0 Å². The fourth-order valence-electron chi connectivity index (χ4n) is 3.28. The highest BCUT2D eigenvalue weighted by molar-refractivity contribution is 5.79. The van der Waals surface area contributed by atoms with Crippen LogP contribution in [0, 0.1) is 5.92 Å². The molecule has 110 valence electrons. The van der Waals surface area contributed by atoms with Gasteiger partial charge in [-0.1, -0.05) is 0 Å². The second-order valence-electron chi connectivity index (χ2n) is 5.86. The van der Waals surface area contributed by atoms with Crippen molar-refractivity contribution in [3.8, 4) is 0 Å². The van der Waals surface area contributed by atoms with Crippen LogP contribution in [0.3, 0.4) is 0 Å². The number of aliphatic hydroxyl groups excluding tert-OH is 1. The lowest BCUT2D eigenvalue weighted by Crippen LogP contribution is -2.41. The molecule has 6 heteroatoms. The maximum absolute atomic E-state index is 12.6. The molecule has 0 spiro atoms. The van der Waals surface area contributed by atoms with Crippen molar-refractivity contribution in [3.63, 3.8) is 0 Å². The number of rotatable bonds is 3. The summed E-state index contributed by atoms with van der Waals surface area (Å²) >= 11 is 0. The van der Waals surface area contributed by atoms with E-state index in [1.807, 2.05) is 15.8 Å². The Kier molecular flexibility index (Phi) is 3.76. The molecule has 2 aliphatic rings. The lowest BCUT2D eigenvalue weighted by atomic mass is 9.97. The summed E-state index contributed by atoms with van der Waals surface area (Å²) in [6.07, 6.45) is 3.93. The topological polar surface area (TPSA) is 61.6 Å². The molecule has 1 aromatic rings. The number of carbonyl (C=O) groups excluding carboxylic acids is 1. The minimum atomic E-state index is 0.0789. The van der Waals surface area contributed by atoms with Crippen molar-refractivity contribution in [2.75, 3.05) is 26.7 Å². The van der Waals surface area contributed by atoms with Crippen molar-refractivity contribution < 1.29 is 9.90 Å². The summed E-state index contributed by atoms with van der Waals surface area (Å²) < 4.78 is 1.82. The summed E-state index contributed by atoms with van der Waals surface area (Å²) in [7, 11) is 2.08. The van der Waals surface area contributed by atoms with E-state index in [2.05, 4.69) is 17.0 Å². The number of hydrogen-bond acceptors (Lipinski definition) is 4. The van der Waals surface area contributed by atoms with E-state index in [0.29, 0.717) is 19.6 Å². The van der Waals surface area contributed by atoms with E-state index in [4.69, 9.17) is 5.11 Å². The van der Waals surface area contributed by atoms with E-state index in [9.17, 15) is 4.79 Å². The standard InChI is InChI=1S/C14H22N4O2/c1-16-4-2-3-11(8-16)14(20)17-9-12-7-15-18(5-6-19)13(12)10-17/h7,11,19H,2-6,8-10H2,1H3/t11-/m1/s1. The van der Waals surface area contributed by atoms with Crippen LogP contribution in [0.25, 0.3) is 0 Å². The zero-order valence-electron chi connectivity index (χ0n) is 12.0. The predicted molar refractivity (Wildman–Crippen MR) is 73.8 cm³/mol. The molecule has 3 rings (SSSR count). The molecule has 0 bridgehead atoms. The van der Waals surface area contributed by atoms with Crippen molar-refractivity contribution in [2.24, 2.45) is 5.92 Å². The molecule has 2 aliphatic heterocycles. The number of carbonyl (C=O) groups is 1. The van der Waals surface area contributed by atoms with Crippen LogP contribution in [0.15, 0.2) is 6.20 Å². The Morgan fingerprint density at radius 3 is 3.10 bits per heavy atom. The highest BCUT2D eigenvalue weighted by Crippen LogP contribution is 2.26. The zero-order chi connectivity index (χ0) is 14.1. The van der Waals surface area contributed by atoms with E-state index in [1.165, 1.54) is 0 Å². The SMILES string of the molecule is CN1CCC[C@@H](C(=O)N2Cc3cnn(CCO)c3C2)C1. The maximum Gasteiger partial charge on any atom is 0.227 e. The molecule has 1 aromatic heterocycles. The third-order valence-corrected chi connectivity index (χ3v) is 4.33. The predicted octanol–water partition coefficient (Wildman–Crippen LogP) is 0.0594. The minimum Gasteiger partial charge on any atom is -0.394 e. The van der Waals surface area contributed by atoms with Gasteiger partial charge < -0.3 is 14.9 Å². The first kappa shape index (κ1) is 13.6. The van der Waals surface area contributed by atoms with Crippen LogP contribution in [0.2, 0.25) is 0 Å². The van der Waals surface area contributed by atoms with Crippen LogP contribution in [-0.2, 0) is 24.4 Å². The van der Waals surface area contributed by atoms with Gasteiger partial charge in [-0.05, 0) is 26.4 Å². The molecule has 6 nitrogen and oxygen atoms in total. The maximum atomic E-state index is 12.6. The Bertz CT molecular complexity index is 499. The quantitative estimate of drug-likeness (QED) is 0.849. The molecule has 1 atom stereocenters. The lowest BCUT2D eigenvalue weighted by molar-refractivity contribution is -0.137. The van der Waals surface area contributed by atoms with Gasteiger partial charge in [0.15, 0.2) is 0 Å². The smallest absolute Gasteiger partial charge is 0.227 e. The van der Waals surface area contributed by atoms with Gasteiger partial charge in [-0.15, -0.1) is 0 Å². The largest absolute Gasteiger partial charge is 0.394 e. The number of likely N-dealkylation sites (tertiary alicyclic amines) is 1. The number of hydrogen-bond donors (Lipinski definition) is 1. The lowest BCUT2D eigenvalue weighted by Gasteiger charge is -2.31. The van der Waals surface area contributed by atoms with Crippen molar-refractivity contribution >= 4 is 5.91 Å². The average Bonchev–Trinajstić information content (AvgIpc) is 3.00. The van der Waals surface area contributed by atoms with Crippen LogP contribution >= 0.6 is 0 Å². The van der Waals surface area contributed by atoms with Crippen LogP contribution < -0.4 is 0 Å². The number of nitrogens with zero attached hydrogens (tertiary/aromatic N) is 4. The molecule has 0 aromatic carbocycles. The second kappa shape index (κ2) is 5.54. The average molecular weight is 278 g/mol. The van der Waals surface area contributed by atoms with Gasteiger partial charge in [0, 0.05) is 18.7 Å². The van der Waals surface area contributed by atoms with E-state index >= 15 is 0 Å². The summed E-state index contributed by atoms with van der Waals surface area (Å²) in [6.45, 7) is 3.84. The van der Waals surface area contributed by atoms with Crippen molar-refractivity contribution in [2.45, 2.75) is 32.5 Å². The van der Waals surface area contributed by atoms with Gasteiger partial charge in [-0.3, -0.25) is 9.48 Å². The van der Waals surface area contributed by atoms with Crippen LogP contribution in [0.4, 0.5) is 0 Å². The summed E-state index contributed by atoms with van der Waals surface area (Å²) in [5.41, 5.74) is 2.20. The van der Waals surface area contributed by atoms with E-state index in [0.717, 1.165) is 37.2 Å². The Morgan fingerprint density at radius 2 is 2.35 bits per heavy atom.